The number of anilines is 1. The van der Waals surface area contributed by atoms with Gasteiger partial charge in [0.15, 0.2) is 0 Å². The Morgan fingerprint density at radius 3 is 2.62 bits per heavy atom. The molecule has 1 fully saturated rings. The Labute approximate surface area is 156 Å². The van der Waals surface area contributed by atoms with E-state index in [0.717, 1.165) is 12.0 Å². The number of aromatic nitrogens is 2. The quantitative estimate of drug-likeness (QED) is 0.857. The summed E-state index contributed by atoms with van der Waals surface area (Å²) in [6.07, 6.45) is 0.762. The lowest BCUT2D eigenvalue weighted by molar-refractivity contribution is -0.119. The number of aryl methyl sites for hydroxylation is 1. The molecule has 2 amide bonds. The van der Waals surface area contributed by atoms with Gasteiger partial charge in [-0.05, 0) is 25.5 Å². The first-order chi connectivity index (χ1) is 12.3. The zero-order valence-electron chi connectivity index (χ0n) is 14.6. The fraction of sp³-hybridized carbons (Fsp3) is 0.333. The van der Waals surface area contributed by atoms with Crippen molar-refractivity contribution in [1.29, 1.82) is 0 Å². The molecule has 3 N–H and O–H groups in total. The molecule has 1 aliphatic heterocycles. The number of nitrogens with two attached hydrogens (primary N) is 1. The van der Waals surface area contributed by atoms with E-state index in [-0.39, 0.29) is 23.8 Å². The summed E-state index contributed by atoms with van der Waals surface area (Å²) >= 11 is 6.27. The van der Waals surface area contributed by atoms with E-state index in [2.05, 4.69) is 15.3 Å². The highest BCUT2D eigenvalue weighted by Gasteiger charge is 2.27. The Morgan fingerprint density at radius 1 is 1.27 bits per heavy atom. The van der Waals surface area contributed by atoms with Crippen LogP contribution in [-0.2, 0) is 4.79 Å². The normalized spacial score (nSPS) is 16.6. The molecule has 2 aromatic rings. The second-order valence-electron chi connectivity index (χ2n) is 6.34. The molecule has 7 nitrogen and oxygen atoms in total. The predicted molar refractivity (Wildman–Crippen MR) is 99.8 cm³/mol. The summed E-state index contributed by atoms with van der Waals surface area (Å²) in [5, 5.41) is 3.29. The van der Waals surface area contributed by atoms with E-state index in [9.17, 15) is 9.59 Å². The van der Waals surface area contributed by atoms with Crippen molar-refractivity contribution >= 4 is 29.4 Å². The Morgan fingerprint density at radius 2 is 1.96 bits per heavy atom. The average Bonchev–Trinajstić information content (AvgIpc) is 3.05. The van der Waals surface area contributed by atoms with E-state index in [1.807, 2.05) is 0 Å². The van der Waals surface area contributed by atoms with Crippen molar-refractivity contribution < 1.29 is 9.59 Å². The highest BCUT2D eigenvalue weighted by molar-refractivity contribution is 6.33. The number of nitrogens with one attached hydrogen (secondary N) is 1. The van der Waals surface area contributed by atoms with Crippen LogP contribution in [0.2, 0.25) is 5.02 Å². The molecule has 2 heterocycles. The number of amides is 2. The molecular weight excluding hydrogens is 354 g/mol. The molecule has 1 saturated heterocycles. The topological polar surface area (TPSA) is 101 Å². The van der Waals surface area contributed by atoms with E-state index in [1.54, 1.807) is 36.1 Å². The van der Waals surface area contributed by atoms with E-state index in [4.69, 9.17) is 17.3 Å². The number of benzene rings is 1. The SMILES string of the molecule is CC(=O)N[C@H]1CCN(C(=O)c2ccc(-c3nc(N)nc(C)c3Cl)cc2)C1. The molecule has 8 heteroatoms. The van der Waals surface area contributed by atoms with Crippen LogP contribution in [0.3, 0.4) is 0 Å². The fourth-order valence-corrected chi connectivity index (χ4v) is 3.27. The van der Waals surface area contributed by atoms with Crippen LogP contribution in [0.4, 0.5) is 5.95 Å². The highest BCUT2D eigenvalue weighted by atomic mass is 35.5. The standard InChI is InChI=1S/C18H20ClN5O2/c1-10-15(19)16(23-18(20)21-10)12-3-5-13(6-4-12)17(26)24-8-7-14(9-24)22-11(2)25/h3-6,14H,7-9H2,1-2H3,(H,22,25)(H2,20,21,23)/t14-/m0/s1. The Bertz CT molecular complexity index is 853. The largest absolute Gasteiger partial charge is 0.368 e. The van der Waals surface area contributed by atoms with Crippen LogP contribution >= 0.6 is 11.6 Å². The summed E-state index contributed by atoms with van der Waals surface area (Å²) in [5.41, 5.74) is 8.19. The smallest absolute Gasteiger partial charge is 0.253 e. The van der Waals surface area contributed by atoms with Crippen LogP contribution in [0.25, 0.3) is 11.3 Å². The molecule has 0 unspecified atom stereocenters. The molecule has 0 radical (unpaired) electrons. The third-order valence-electron chi connectivity index (χ3n) is 4.32. The van der Waals surface area contributed by atoms with Gasteiger partial charge in [0, 0.05) is 37.2 Å². The summed E-state index contributed by atoms with van der Waals surface area (Å²) in [5.74, 6) is 0.0157. The lowest BCUT2D eigenvalue weighted by atomic mass is 10.1. The molecule has 0 bridgehead atoms. The Balaban J connectivity index is 1.76. The number of halogens is 1. The summed E-state index contributed by atoms with van der Waals surface area (Å²) in [4.78, 5) is 33.8. The second kappa shape index (κ2) is 7.29. The van der Waals surface area contributed by atoms with Gasteiger partial charge in [0.1, 0.15) is 0 Å². The Hall–Kier alpha value is -2.67. The summed E-state index contributed by atoms with van der Waals surface area (Å²) < 4.78 is 0. The third kappa shape index (κ3) is 3.77. The van der Waals surface area contributed by atoms with Gasteiger partial charge in [-0.25, -0.2) is 9.97 Å². The number of carbonyl (C=O) groups is 2. The number of likely N-dealkylation sites (tertiary alicyclic amines) is 1. The van der Waals surface area contributed by atoms with Gasteiger partial charge in [0.05, 0.1) is 16.4 Å². The first kappa shape index (κ1) is 18.1. The molecule has 0 aliphatic carbocycles. The molecule has 26 heavy (non-hydrogen) atoms. The average molecular weight is 374 g/mol. The van der Waals surface area contributed by atoms with Crippen LogP contribution in [0.1, 0.15) is 29.4 Å². The van der Waals surface area contributed by atoms with Gasteiger partial charge in [-0.15, -0.1) is 0 Å². The van der Waals surface area contributed by atoms with Crippen molar-refractivity contribution in [2.75, 3.05) is 18.8 Å². The maximum atomic E-state index is 12.6. The molecule has 1 atom stereocenters. The molecule has 1 aliphatic rings. The number of nitrogen functional groups attached to an aromatic ring is 1. The number of carbonyl (C=O) groups excluding carboxylic acids is 2. The molecular formula is C18H20ClN5O2. The second-order valence-corrected chi connectivity index (χ2v) is 6.72. The predicted octanol–water partition coefficient (Wildman–Crippen LogP) is 2.04. The van der Waals surface area contributed by atoms with Crippen LogP contribution < -0.4 is 11.1 Å². The molecule has 0 saturated carbocycles. The monoisotopic (exact) mass is 373 g/mol. The van der Waals surface area contributed by atoms with Crippen LogP contribution in [0, 0.1) is 6.92 Å². The van der Waals surface area contributed by atoms with E-state index >= 15 is 0 Å². The van der Waals surface area contributed by atoms with E-state index in [1.165, 1.54) is 6.92 Å². The molecule has 1 aromatic carbocycles. The van der Waals surface area contributed by atoms with Crippen LogP contribution in [0.15, 0.2) is 24.3 Å². The third-order valence-corrected chi connectivity index (χ3v) is 4.77. The summed E-state index contributed by atoms with van der Waals surface area (Å²) in [6.45, 7) is 4.39. The van der Waals surface area contributed by atoms with Gasteiger partial charge < -0.3 is 16.0 Å². The summed E-state index contributed by atoms with van der Waals surface area (Å²) in [7, 11) is 0. The van der Waals surface area contributed by atoms with Gasteiger partial charge >= 0.3 is 0 Å². The lowest BCUT2D eigenvalue weighted by Gasteiger charge is -2.17. The van der Waals surface area contributed by atoms with Gasteiger partial charge in [0.2, 0.25) is 11.9 Å². The highest BCUT2D eigenvalue weighted by Crippen LogP contribution is 2.29. The maximum absolute atomic E-state index is 12.6. The minimum atomic E-state index is -0.0788. The van der Waals surface area contributed by atoms with Crippen molar-refractivity contribution in [2.45, 2.75) is 26.3 Å². The molecule has 3 rings (SSSR count). The number of hydrogen-bond donors (Lipinski definition) is 2. The van der Waals surface area contributed by atoms with Crippen molar-refractivity contribution in [1.82, 2.24) is 20.2 Å². The Kier molecular flexibility index (Phi) is 5.08. The first-order valence-corrected chi connectivity index (χ1v) is 8.69. The van der Waals surface area contributed by atoms with E-state index < -0.39 is 0 Å². The maximum Gasteiger partial charge on any atom is 0.253 e. The van der Waals surface area contributed by atoms with Gasteiger partial charge in [-0.1, -0.05) is 23.7 Å². The van der Waals surface area contributed by atoms with Gasteiger partial charge in [0.25, 0.3) is 5.91 Å². The molecule has 136 valence electrons. The van der Waals surface area contributed by atoms with Crippen LogP contribution in [0.5, 0.6) is 0 Å². The zero-order chi connectivity index (χ0) is 18.8. The minimum absolute atomic E-state index is 0.0153. The van der Waals surface area contributed by atoms with Gasteiger partial charge in [-0.3, -0.25) is 9.59 Å². The molecule has 1 aromatic heterocycles. The van der Waals surface area contributed by atoms with Crippen molar-refractivity contribution in [2.24, 2.45) is 0 Å². The lowest BCUT2D eigenvalue weighted by Crippen LogP contribution is -2.37. The number of nitrogens with zero attached hydrogens (tertiary/aromatic N) is 3. The van der Waals surface area contributed by atoms with Crippen molar-refractivity contribution in [3.05, 3.63) is 40.5 Å². The van der Waals surface area contributed by atoms with Crippen LogP contribution in [-0.4, -0.2) is 45.8 Å². The van der Waals surface area contributed by atoms with E-state index in [0.29, 0.717) is 35.1 Å². The molecule has 0 spiro atoms. The minimum Gasteiger partial charge on any atom is -0.368 e. The van der Waals surface area contributed by atoms with Crippen molar-refractivity contribution in [3.8, 4) is 11.3 Å². The van der Waals surface area contributed by atoms with Crippen molar-refractivity contribution in [3.63, 3.8) is 0 Å². The fourth-order valence-electron chi connectivity index (χ4n) is 3.08. The van der Waals surface area contributed by atoms with Gasteiger partial charge in [-0.2, -0.15) is 0 Å². The number of hydrogen-bond acceptors (Lipinski definition) is 5. The zero-order valence-corrected chi connectivity index (χ0v) is 15.4. The first-order valence-electron chi connectivity index (χ1n) is 8.31. The number of rotatable bonds is 3. The summed E-state index contributed by atoms with van der Waals surface area (Å²) in [6, 6.07) is 7.09.